The number of ether oxygens (including phenoxy) is 1. The molecule has 5 nitrogen and oxygen atoms in total. The van der Waals surface area contributed by atoms with E-state index < -0.39 is 16.2 Å². The fraction of sp³-hybridized carbons (Fsp3) is 0.143. The van der Waals surface area contributed by atoms with E-state index in [4.69, 9.17) is 9.62 Å². The third-order valence-corrected chi connectivity index (χ3v) is 5.90. The maximum atomic E-state index is 11.8. The van der Waals surface area contributed by atoms with Gasteiger partial charge in [0.15, 0.2) is 0 Å². The third-order valence-electron chi connectivity index (χ3n) is 4.80. The van der Waals surface area contributed by atoms with E-state index in [-0.39, 0.29) is 4.90 Å². The number of benzene rings is 4. The molecule has 0 aliphatic heterocycles. The fourth-order valence-corrected chi connectivity index (χ4v) is 3.74. The summed E-state index contributed by atoms with van der Waals surface area (Å²) >= 11 is 0. The predicted molar refractivity (Wildman–Crippen MR) is 132 cm³/mol. The van der Waals surface area contributed by atoms with Gasteiger partial charge in [-0.05, 0) is 35.7 Å². The van der Waals surface area contributed by atoms with E-state index in [1.807, 2.05) is 66.7 Å². The van der Waals surface area contributed by atoms with Crippen molar-refractivity contribution < 1.29 is 22.4 Å². The summed E-state index contributed by atoms with van der Waals surface area (Å²) in [7, 11) is -3.89. The zero-order valence-corrected chi connectivity index (χ0v) is 19.8. The lowest BCUT2D eigenvalue weighted by Crippen LogP contribution is -2.09. The Morgan fingerprint density at radius 2 is 1.03 bits per heavy atom. The van der Waals surface area contributed by atoms with Gasteiger partial charge < -0.3 is 4.74 Å². The molecule has 0 radical (unpaired) electrons. The molecule has 0 saturated heterocycles. The van der Waals surface area contributed by atoms with E-state index in [1.165, 1.54) is 23.3 Å². The van der Waals surface area contributed by atoms with E-state index in [1.54, 1.807) is 25.1 Å². The van der Waals surface area contributed by atoms with Crippen molar-refractivity contribution in [3.63, 3.8) is 0 Å². The van der Waals surface area contributed by atoms with Crippen molar-refractivity contribution in [3.8, 4) is 0 Å². The van der Waals surface area contributed by atoms with Crippen LogP contribution in [-0.2, 0) is 37.3 Å². The Balaban J connectivity index is 0.000000196. The van der Waals surface area contributed by atoms with E-state index in [9.17, 15) is 8.42 Å². The van der Waals surface area contributed by atoms with Crippen LogP contribution >= 0.6 is 0 Å². The molecule has 0 aliphatic carbocycles. The minimum Gasteiger partial charge on any atom is -0.372 e. The highest BCUT2D eigenvalue weighted by atomic mass is 32.2. The van der Waals surface area contributed by atoms with Gasteiger partial charge in [0.05, 0.1) is 18.1 Å². The molecular formula is C28H28O5S. The second-order valence-electron chi connectivity index (χ2n) is 7.45. The van der Waals surface area contributed by atoms with Crippen molar-refractivity contribution in [1.82, 2.24) is 0 Å². The van der Waals surface area contributed by atoms with Crippen LogP contribution in [0.3, 0.4) is 0 Å². The lowest BCUT2D eigenvalue weighted by molar-refractivity contribution is -0.238. The topological polar surface area (TPSA) is 61.8 Å². The summed E-state index contributed by atoms with van der Waals surface area (Å²) in [6, 6.07) is 37.6. The highest BCUT2D eigenvalue weighted by molar-refractivity contribution is 7.86. The molecule has 1 unspecified atom stereocenters. The molecule has 0 N–H and O–H groups in total. The molecule has 0 aliphatic rings. The van der Waals surface area contributed by atoms with Crippen molar-refractivity contribution in [1.29, 1.82) is 0 Å². The van der Waals surface area contributed by atoms with E-state index >= 15 is 0 Å². The molecule has 176 valence electrons. The van der Waals surface area contributed by atoms with Crippen LogP contribution in [0.15, 0.2) is 126 Å². The quantitative estimate of drug-likeness (QED) is 0.204. The van der Waals surface area contributed by atoms with E-state index in [2.05, 4.69) is 28.6 Å². The Morgan fingerprint density at radius 1 is 0.618 bits per heavy atom. The van der Waals surface area contributed by atoms with Gasteiger partial charge in [-0.15, -0.1) is 4.33 Å². The Kier molecular flexibility index (Phi) is 10.0. The van der Waals surface area contributed by atoms with Crippen LogP contribution < -0.4 is 0 Å². The van der Waals surface area contributed by atoms with Gasteiger partial charge >= 0.3 is 10.1 Å². The predicted octanol–water partition coefficient (Wildman–Crippen LogP) is 6.49. The Hall–Kier alpha value is -3.29. The normalized spacial score (nSPS) is 11.8. The minimum atomic E-state index is -3.89. The van der Waals surface area contributed by atoms with Crippen molar-refractivity contribution in [2.45, 2.75) is 31.1 Å². The van der Waals surface area contributed by atoms with Crippen LogP contribution in [0.1, 0.15) is 29.7 Å². The Bertz CT molecular complexity index is 1140. The molecule has 0 aromatic heterocycles. The highest BCUT2D eigenvalue weighted by Crippen LogP contribution is 2.20. The standard InChI is InChI=1S/C14H14O4S.C14H14O/c1-12(13-8-4-2-5-9-13)17-18-19(15,16)14-10-6-3-7-11-14;1-3-7-13(8-4-1)11-15-12-14-9-5-2-6-10-14/h2-12H,1H3;1-10H,11-12H2. The van der Waals surface area contributed by atoms with Crippen LogP contribution in [0.5, 0.6) is 0 Å². The first-order valence-electron chi connectivity index (χ1n) is 10.9. The van der Waals surface area contributed by atoms with Crippen LogP contribution in [0, 0.1) is 0 Å². The second-order valence-corrected chi connectivity index (χ2v) is 8.96. The van der Waals surface area contributed by atoms with Crippen LogP contribution in [-0.4, -0.2) is 8.42 Å². The van der Waals surface area contributed by atoms with Gasteiger partial charge in [-0.3, -0.25) is 0 Å². The molecular weight excluding hydrogens is 448 g/mol. The zero-order valence-electron chi connectivity index (χ0n) is 19.0. The van der Waals surface area contributed by atoms with Gasteiger partial charge in [-0.2, -0.15) is 8.42 Å². The minimum absolute atomic E-state index is 0.0651. The van der Waals surface area contributed by atoms with Crippen LogP contribution in [0.2, 0.25) is 0 Å². The van der Waals surface area contributed by atoms with Crippen molar-refractivity contribution in [2.24, 2.45) is 0 Å². The molecule has 0 bridgehead atoms. The summed E-state index contributed by atoms with van der Waals surface area (Å²) in [5.41, 5.74) is 3.27. The number of hydrogen-bond donors (Lipinski definition) is 0. The van der Waals surface area contributed by atoms with Crippen LogP contribution in [0.25, 0.3) is 0 Å². The molecule has 0 heterocycles. The monoisotopic (exact) mass is 476 g/mol. The van der Waals surface area contributed by atoms with E-state index in [0.29, 0.717) is 13.2 Å². The van der Waals surface area contributed by atoms with Crippen molar-refractivity contribution >= 4 is 10.1 Å². The van der Waals surface area contributed by atoms with Gasteiger partial charge in [0.1, 0.15) is 6.10 Å². The molecule has 0 spiro atoms. The fourth-order valence-electron chi connectivity index (χ4n) is 2.95. The first kappa shape index (κ1) is 25.3. The largest absolute Gasteiger partial charge is 0.372 e. The van der Waals surface area contributed by atoms with Crippen LogP contribution in [0.4, 0.5) is 0 Å². The lowest BCUT2D eigenvalue weighted by Gasteiger charge is -2.11. The first-order valence-corrected chi connectivity index (χ1v) is 12.3. The maximum absolute atomic E-state index is 11.8. The molecule has 34 heavy (non-hydrogen) atoms. The maximum Gasteiger partial charge on any atom is 0.323 e. The molecule has 6 heteroatoms. The summed E-state index contributed by atoms with van der Waals surface area (Å²) in [6.07, 6.45) is -0.473. The molecule has 0 amide bonds. The van der Waals surface area contributed by atoms with Crippen molar-refractivity contribution in [2.75, 3.05) is 0 Å². The van der Waals surface area contributed by atoms with Gasteiger partial charge in [0.25, 0.3) is 0 Å². The highest BCUT2D eigenvalue weighted by Gasteiger charge is 2.18. The van der Waals surface area contributed by atoms with Gasteiger partial charge in [-0.1, -0.05) is 109 Å². The molecule has 0 saturated carbocycles. The summed E-state index contributed by atoms with van der Waals surface area (Å²) in [5.74, 6) is 0. The smallest absolute Gasteiger partial charge is 0.323 e. The Labute approximate surface area is 201 Å². The number of rotatable bonds is 9. The first-order chi connectivity index (χ1) is 16.5. The van der Waals surface area contributed by atoms with E-state index in [0.717, 1.165) is 5.56 Å². The molecule has 1 atom stereocenters. The lowest BCUT2D eigenvalue weighted by atomic mass is 10.1. The summed E-state index contributed by atoms with van der Waals surface area (Å²) in [6.45, 7) is 3.07. The molecule has 4 aromatic carbocycles. The average molecular weight is 477 g/mol. The number of hydrogen-bond acceptors (Lipinski definition) is 5. The molecule has 4 aromatic rings. The second kappa shape index (κ2) is 13.4. The third kappa shape index (κ3) is 8.57. The summed E-state index contributed by atoms with van der Waals surface area (Å²) in [5, 5.41) is 0. The molecule has 4 rings (SSSR count). The Morgan fingerprint density at radius 3 is 1.50 bits per heavy atom. The SMILES string of the molecule is CC(OOS(=O)(=O)c1ccccc1)c1ccccc1.c1ccc(COCc2ccccc2)cc1. The average Bonchev–Trinajstić information content (AvgIpc) is 2.90. The van der Waals surface area contributed by atoms with Gasteiger partial charge in [0, 0.05) is 0 Å². The van der Waals surface area contributed by atoms with Crippen molar-refractivity contribution in [3.05, 3.63) is 138 Å². The van der Waals surface area contributed by atoms with Gasteiger partial charge in [0.2, 0.25) is 0 Å². The summed E-state index contributed by atoms with van der Waals surface area (Å²) < 4.78 is 33.9. The molecule has 0 fully saturated rings. The van der Waals surface area contributed by atoms with Gasteiger partial charge in [-0.25, -0.2) is 4.89 Å². The zero-order chi connectivity index (χ0) is 24.1. The summed E-state index contributed by atoms with van der Waals surface area (Å²) in [4.78, 5) is 5.02.